The molecule has 0 aliphatic carbocycles. The molecule has 1 aromatic rings. The first kappa shape index (κ1) is 17.1. The Hall–Kier alpha value is -1.75. The van der Waals surface area contributed by atoms with Gasteiger partial charge in [-0.3, -0.25) is 9.69 Å². The topological polar surface area (TPSA) is 42.0 Å². The van der Waals surface area contributed by atoms with E-state index in [2.05, 4.69) is 23.8 Å². The fourth-order valence-electron chi connectivity index (χ4n) is 4.15. The number of hydrogen-bond donors (Lipinski definition) is 0. The Morgan fingerprint density at radius 2 is 1.92 bits per heavy atom. The van der Waals surface area contributed by atoms with Crippen molar-refractivity contribution in [2.24, 2.45) is 0 Å². The van der Waals surface area contributed by atoms with Crippen molar-refractivity contribution < 1.29 is 14.3 Å². The highest BCUT2D eigenvalue weighted by Gasteiger charge is 2.47. The van der Waals surface area contributed by atoms with Crippen molar-refractivity contribution in [1.82, 2.24) is 9.80 Å². The molecule has 2 aliphatic heterocycles. The molecular weight excluding hydrogens is 304 g/mol. The summed E-state index contributed by atoms with van der Waals surface area (Å²) in [7, 11) is 3.82. The molecule has 132 valence electrons. The predicted octanol–water partition coefficient (Wildman–Crippen LogP) is 2.55. The molecule has 0 aromatic heterocycles. The lowest BCUT2D eigenvalue weighted by Crippen LogP contribution is -2.66. The first-order valence-corrected chi connectivity index (χ1v) is 8.82. The second-order valence-corrected chi connectivity index (χ2v) is 7.09. The first-order valence-electron chi connectivity index (χ1n) is 8.82. The second kappa shape index (κ2) is 7.01. The summed E-state index contributed by atoms with van der Waals surface area (Å²) in [6, 6.07) is 7.65. The van der Waals surface area contributed by atoms with Crippen LogP contribution >= 0.6 is 0 Å². The molecule has 2 atom stereocenters. The van der Waals surface area contributed by atoms with Gasteiger partial charge in [-0.15, -0.1) is 0 Å². The third-order valence-corrected chi connectivity index (χ3v) is 5.76. The summed E-state index contributed by atoms with van der Waals surface area (Å²) < 4.78 is 10.8. The van der Waals surface area contributed by atoms with E-state index in [4.69, 9.17) is 9.47 Å². The number of carbonyl (C=O) groups is 1. The Labute approximate surface area is 144 Å². The maximum absolute atomic E-state index is 12.8. The van der Waals surface area contributed by atoms with E-state index >= 15 is 0 Å². The van der Waals surface area contributed by atoms with Crippen LogP contribution in [-0.2, 0) is 4.79 Å². The largest absolute Gasteiger partial charge is 0.497 e. The molecule has 5 nitrogen and oxygen atoms in total. The molecule has 0 saturated carbocycles. The zero-order valence-electron chi connectivity index (χ0n) is 15.0. The van der Waals surface area contributed by atoms with Crippen LogP contribution in [-0.4, -0.2) is 61.1 Å². The van der Waals surface area contributed by atoms with Crippen LogP contribution in [0.4, 0.5) is 0 Å². The van der Waals surface area contributed by atoms with Gasteiger partial charge >= 0.3 is 0 Å². The lowest BCUT2D eigenvalue weighted by atomic mass is 9.76. The number of rotatable bonds is 4. The van der Waals surface area contributed by atoms with Gasteiger partial charge in [0.05, 0.1) is 7.11 Å². The number of likely N-dealkylation sites (N-methyl/N-ethyl adjacent to an activating group) is 1. The van der Waals surface area contributed by atoms with E-state index in [-0.39, 0.29) is 18.1 Å². The average Bonchev–Trinajstić information content (AvgIpc) is 2.60. The van der Waals surface area contributed by atoms with Crippen LogP contribution in [0.5, 0.6) is 11.5 Å². The van der Waals surface area contributed by atoms with Crippen LogP contribution in [0.3, 0.4) is 0 Å². The van der Waals surface area contributed by atoms with Gasteiger partial charge in [0.2, 0.25) is 0 Å². The molecule has 3 rings (SSSR count). The molecule has 2 fully saturated rings. The number of nitrogens with zero attached hydrogens (tertiary/aromatic N) is 2. The van der Waals surface area contributed by atoms with E-state index in [1.54, 1.807) is 7.11 Å². The minimum Gasteiger partial charge on any atom is -0.497 e. The summed E-state index contributed by atoms with van der Waals surface area (Å²) in [5.74, 6) is 1.58. The summed E-state index contributed by atoms with van der Waals surface area (Å²) >= 11 is 0. The van der Waals surface area contributed by atoms with Crippen LogP contribution in [0.2, 0.25) is 0 Å². The van der Waals surface area contributed by atoms with E-state index in [1.165, 1.54) is 0 Å². The lowest BCUT2D eigenvalue weighted by molar-refractivity contribution is -0.145. The fourth-order valence-corrected chi connectivity index (χ4v) is 4.15. The van der Waals surface area contributed by atoms with Crippen molar-refractivity contribution in [2.75, 3.05) is 33.9 Å². The summed E-state index contributed by atoms with van der Waals surface area (Å²) in [6.45, 7) is 4.37. The van der Waals surface area contributed by atoms with E-state index in [1.807, 2.05) is 24.3 Å². The Balaban J connectivity index is 1.63. The Morgan fingerprint density at radius 1 is 1.21 bits per heavy atom. The van der Waals surface area contributed by atoms with Gasteiger partial charge in [-0.1, -0.05) is 0 Å². The standard InChI is InChI=1S/C19H28N2O3/c1-19-11-5-13-21(17(19)6-4-12-20(19)2)18(22)14-24-16-9-7-15(23-3)8-10-16/h7-10,17H,4-6,11-14H2,1-3H3/t17-,19-/m0/s1. The number of amides is 1. The van der Waals surface area contributed by atoms with Crippen LogP contribution in [0.1, 0.15) is 32.6 Å². The van der Waals surface area contributed by atoms with Crippen molar-refractivity contribution in [3.8, 4) is 11.5 Å². The number of fused-ring (bicyclic) bond motifs is 1. The third-order valence-electron chi connectivity index (χ3n) is 5.76. The van der Waals surface area contributed by atoms with Crippen LogP contribution in [0.25, 0.3) is 0 Å². The van der Waals surface area contributed by atoms with Gasteiger partial charge in [0.15, 0.2) is 6.61 Å². The van der Waals surface area contributed by atoms with E-state index in [9.17, 15) is 4.79 Å². The molecule has 1 aromatic carbocycles. The van der Waals surface area contributed by atoms with Crippen molar-refractivity contribution in [3.63, 3.8) is 0 Å². The number of likely N-dealkylation sites (tertiary alicyclic amines) is 2. The van der Waals surface area contributed by atoms with E-state index < -0.39 is 0 Å². The molecule has 2 saturated heterocycles. The van der Waals surface area contributed by atoms with Crippen molar-refractivity contribution in [3.05, 3.63) is 24.3 Å². The Bertz CT molecular complexity index is 574. The molecule has 0 bridgehead atoms. The molecule has 0 spiro atoms. The third kappa shape index (κ3) is 3.22. The smallest absolute Gasteiger partial charge is 0.260 e. The van der Waals surface area contributed by atoms with Gasteiger partial charge in [-0.05, 0) is 70.5 Å². The molecule has 0 unspecified atom stereocenters. The molecule has 1 amide bonds. The minimum atomic E-state index is 0.0945. The monoisotopic (exact) mass is 332 g/mol. The fraction of sp³-hybridized carbons (Fsp3) is 0.632. The predicted molar refractivity (Wildman–Crippen MR) is 93.5 cm³/mol. The first-order chi connectivity index (χ1) is 11.5. The number of benzene rings is 1. The molecule has 5 heteroatoms. The minimum absolute atomic E-state index is 0.0945. The normalized spacial score (nSPS) is 27.5. The lowest BCUT2D eigenvalue weighted by Gasteiger charge is -2.55. The van der Waals surface area contributed by atoms with Gasteiger partial charge < -0.3 is 14.4 Å². The number of ether oxygens (including phenoxy) is 2. The van der Waals surface area contributed by atoms with Gasteiger partial charge in [-0.2, -0.15) is 0 Å². The maximum Gasteiger partial charge on any atom is 0.260 e. The van der Waals surface area contributed by atoms with Crippen molar-refractivity contribution >= 4 is 5.91 Å². The highest BCUT2D eigenvalue weighted by Crippen LogP contribution is 2.38. The van der Waals surface area contributed by atoms with Crippen molar-refractivity contribution in [2.45, 2.75) is 44.2 Å². The summed E-state index contributed by atoms with van der Waals surface area (Å²) in [5.41, 5.74) is 0.103. The second-order valence-electron chi connectivity index (χ2n) is 7.09. The van der Waals surface area contributed by atoms with Crippen LogP contribution < -0.4 is 9.47 Å². The number of piperidine rings is 2. The zero-order valence-corrected chi connectivity index (χ0v) is 15.0. The Kier molecular flexibility index (Phi) is 4.99. The van der Waals surface area contributed by atoms with E-state index in [0.29, 0.717) is 11.8 Å². The molecule has 2 heterocycles. The summed E-state index contributed by atoms with van der Waals surface area (Å²) in [4.78, 5) is 17.2. The maximum atomic E-state index is 12.8. The zero-order chi connectivity index (χ0) is 17.2. The van der Waals surface area contributed by atoms with Gasteiger partial charge in [0.1, 0.15) is 11.5 Å². The van der Waals surface area contributed by atoms with Gasteiger partial charge in [0, 0.05) is 18.1 Å². The van der Waals surface area contributed by atoms with Crippen LogP contribution in [0.15, 0.2) is 24.3 Å². The highest BCUT2D eigenvalue weighted by atomic mass is 16.5. The van der Waals surface area contributed by atoms with Crippen molar-refractivity contribution in [1.29, 1.82) is 0 Å². The summed E-state index contributed by atoms with van der Waals surface area (Å²) in [6.07, 6.45) is 4.47. The SMILES string of the molecule is COc1ccc(OCC(=O)N2CCC[C@@]3(C)[C@@H]2CCCN3C)cc1. The molecule has 2 aliphatic rings. The quantitative estimate of drug-likeness (QED) is 0.850. The Morgan fingerprint density at radius 3 is 2.62 bits per heavy atom. The highest BCUT2D eigenvalue weighted by molar-refractivity contribution is 5.78. The van der Waals surface area contributed by atoms with Gasteiger partial charge in [-0.25, -0.2) is 0 Å². The summed E-state index contributed by atoms with van der Waals surface area (Å²) in [5, 5.41) is 0. The molecular formula is C19H28N2O3. The molecule has 0 N–H and O–H groups in total. The number of methoxy groups -OCH3 is 1. The number of hydrogen-bond acceptors (Lipinski definition) is 4. The molecule has 24 heavy (non-hydrogen) atoms. The van der Waals surface area contributed by atoms with E-state index in [0.717, 1.165) is 44.5 Å². The van der Waals surface area contributed by atoms with Gasteiger partial charge in [0.25, 0.3) is 5.91 Å². The molecule has 0 radical (unpaired) electrons. The number of carbonyl (C=O) groups excluding carboxylic acids is 1. The average molecular weight is 332 g/mol. The van der Waals surface area contributed by atoms with Crippen LogP contribution in [0, 0.1) is 0 Å².